The Bertz CT molecular complexity index is 1010. The smallest absolute Gasteiger partial charge is 0.323 e. The molecule has 26 heavy (non-hydrogen) atoms. The van der Waals surface area contributed by atoms with Crippen LogP contribution in [0.5, 0.6) is 5.75 Å². The van der Waals surface area contributed by atoms with Crippen LogP contribution in [0.15, 0.2) is 42.5 Å². The highest BCUT2D eigenvalue weighted by atomic mass is 16.5. The molecule has 0 saturated heterocycles. The number of hydrogen-bond acceptors (Lipinski definition) is 4. The van der Waals surface area contributed by atoms with Gasteiger partial charge in [0.1, 0.15) is 11.8 Å². The summed E-state index contributed by atoms with van der Waals surface area (Å²) in [5, 5.41) is 4.66. The van der Waals surface area contributed by atoms with Crippen molar-refractivity contribution in [2.45, 2.75) is 24.9 Å². The Morgan fingerprint density at radius 2 is 2.12 bits per heavy atom. The van der Waals surface area contributed by atoms with Crippen LogP contribution in [0.25, 0.3) is 10.9 Å². The van der Waals surface area contributed by atoms with E-state index in [1.165, 1.54) is 23.6 Å². The van der Waals surface area contributed by atoms with E-state index < -0.39 is 0 Å². The monoisotopic (exact) mass is 348 g/mol. The van der Waals surface area contributed by atoms with E-state index in [1.807, 2.05) is 18.2 Å². The number of aromatic nitrogens is 1. The van der Waals surface area contributed by atoms with E-state index in [0.29, 0.717) is 6.42 Å². The molecule has 0 radical (unpaired) electrons. The molecule has 1 aromatic heterocycles. The number of hydrogen-bond donors (Lipinski definition) is 2. The fraction of sp³-hybridized carbons (Fsp3) is 0.286. The number of methoxy groups -OCH3 is 1. The standard InChI is InChI=1S/C21H20N2O3/c1-25-21(24)17-11-15-14-4-2-3-5-16(14)22-20(15)19(23-17)13-6-7-18-12(10-13)8-9-26-18/h2-7,10,17,19,22-23H,8-9,11H2,1H3/t17-,19?/m1/s1. The topological polar surface area (TPSA) is 63.4 Å². The maximum Gasteiger partial charge on any atom is 0.323 e. The predicted molar refractivity (Wildman–Crippen MR) is 98.4 cm³/mol. The van der Waals surface area contributed by atoms with Gasteiger partial charge in [0, 0.05) is 29.4 Å². The SMILES string of the molecule is COC(=O)[C@H]1Cc2c([nH]c3ccccc23)C(c2ccc3c(c2)CCO3)N1. The number of rotatable bonds is 2. The van der Waals surface area contributed by atoms with Gasteiger partial charge < -0.3 is 14.5 Å². The summed E-state index contributed by atoms with van der Waals surface area (Å²) >= 11 is 0. The van der Waals surface area contributed by atoms with E-state index in [0.717, 1.165) is 35.6 Å². The molecular weight excluding hydrogens is 328 g/mol. The zero-order valence-corrected chi connectivity index (χ0v) is 14.5. The van der Waals surface area contributed by atoms with Crippen molar-refractivity contribution in [1.82, 2.24) is 10.3 Å². The summed E-state index contributed by atoms with van der Waals surface area (Å²) in [4.78, 5) is 15.8. The minimum absolute atomic E-state index is 0.0823. The fourth-order valence-corrected chi connectivity index (χ4v) is 4.18. The molecule has 2 aromatic carbocycles. The molecule has 2 atom stereocenters. The predicted octanol–water partition coefficient (Wildman–Crippen LogP) is 2.88. The Balaban J connectivity index is 1.65. The first kappa shape index (κ1) is 15.5. The summed E-state index contributed by atoms with van der Waals surface area (Å²) < 4.78 is 10.7. The zero-order valence-electron chi connectivity index (χ0n) is 14.5. The van der Waals surface area contributed by atoms with Gasteiger partial charge in [0.2, 0.25) is 0 Å². The summed E-state index contributed by atoms with van der Waals surface area (Å²) in [5.74, 6) is 0.737. The second-order valence-corrected chi connectivity index (χ2v) is 6.91. The number of aromatic amines is 1. The fourth-order valence-electron chi connectivity index (χ4n) is 4.18. The Hall–Kier alpha value is -2.79. The highest BCUT2D eigenvalue weighted by Gasteiger charge is 2.34. The van der Waals surface area contributed by atoms with Gasteiger partial charge in [-0.1, -0.05) is 30.3 Å². The summed E-state index contributed by atoms with van der Waals surface area (Å²) in [6.45, 7) is 0.735. The van der Waals surface area contributed by atoms with Crippen molar-refractivity contribution in [3.63, 3.8) is 0 Å². The molecule has 0 saturated carbocycles. The molecule has 0 fully saturated rings. The van der Waals surface area contributed by atoms with Crippen molar-refractivity contribution in [3.05, 3.63) is 64.8 Å². The molecule has 5 heteroatoms. The number of ether oxygens (including phenoxy) is 2. The number of carbonyl (C=O) groups is 1. The van der Waals surface area contributed by atoms with Gasteiger partial charge in [0.15, 0.2) is 0 Å². The first-order chi connectivity index (χ1) is 12.7. The average Bonchev–Trinajstić information content (AvgIpc) is 3.30. The van der Waals surface area contributed by atoms with Crippen molar-refractivity contribution in [2.75, 3.05) is 13.7 Å². The van der Waals surface area contributed by atoms with Crippen LogP contribution >= 0.6 is 0 Å². The molecule has 0 amide bonds. The van der Waals surface area contributed by atoms with Gasteiger partial charge in [-0.15, -0.1) is 0 Å². The number of carbonyl (C=O) groups excluding carboxylic acids is 1. The van der Waals surface area contributed by atoms with Crippen molar-refractivity contribution >= 4 is 16.9 Å². The number of nitrogens with one attached hydrogen (secondary N) is 2. The van der Waals surface area contributed by atoms with E-state index in [2.05, 4.69) is 34.6 Å². The van der Waals surface area contributed by atoms with Crippen LogP contribution in [-0.2, 0) is 22.4 Å². The lowest BCUT2D eigenvalue weighted by atomic mass is 9.89. The highest BCUT2D eigenvalue weighted by molar-refractivity contribution is 5.87. The lowest BCUT2D eigenvalue weighted by molar-refractivity contribution is -0.143. The van der Waals surface area contributed by atoms with Crippen molar-refractivity contribution in [2.24, 2.45) is 0 Å². The molecule has 5 nitrogen and oxygen atoms in total. The third kappa shape index (κ3) is 2.31. The van der Waals surface area contributed by atoms with Crippen molar-refractivity contribution < 1.29 is 14.3 Å². The van der Waals surface area contributed by atoms with Gasteiger partial charge in [-0.3, -0.25) is 10.1 Å². The van der Waals surface area contributed by atoms with Crippen LogP contribution in [0, 0.1) is 0 Å². The number of para-hydroxylation sites is 1. The van der Waals surface area contributed by atoms with Gasteiger partial charge >= 0.3 is 5.97 Å². The molecule has 3 aromatic rings. The lowest BCUT2D eigenvalue weighted by Gasteiger charge is -2.30. The quantitative estimate of drug-likeness (QED) is 0.699. The van der Waals surface area contributed by atoms with E-state index in [4.69, 9.17) is 9.47 Å². The van der Waals surface area contributed by atoms with Crippen LogP contribution < -0.4 is 10.1 Å². The zero-order chi connectivity index (χ0) is 17.7. The van der Waals surface area contributed by atoms with Crippen LogP contribution in [0.2, 0.25) is 0 Å². The molecule has 2 aliphatic rings. The van der Waals surface area contributed by atoms with E-state index >= 15 is 0 Å². The summed E-state index contributed by atoms with van der Waals surface area (Å²) in [6, 6.07) is 14.1. The van der Waals surface area contributed by atoms with E-state index in [1.54, 1.807) is 0 Å². The Morgan fingerprint density at radius 1 is 1.23 bits per heavy atom. The van der Waals surface area contributed by atoms with Crippen LogP contribution in [-0.4, -0.2) is 30.7 Å². The molecule has 0 aliphatic carbocycles. The van der Waals surface area contributed by atoms with Gasteiger partial charge in [-0.05, 0) is 28.8 Å². The molecule has 0 bridgehead atoms. The number of fused-ring (bicyclic) bond motifs is 4. The Morgan fingerprint density at radius 3 is 3.00 bits per heavy atom. The molecule has 2 aliphatic heterocycles. The summed E-state index contributed by atoms with van der Waals surface area (Å²) in [5.41, 5.74) is 5.78. The van der Waals surface area contributed by atoms with Gasteiger partial charge in [-0.2, -0.15) is 0 Å². The van der Waals surface area contributed by atoms with Crippen LogP contribution in [0.4, 0.5) is 0 Å². The Kier molecular flexibility index (Phi) is 3.50. The molecule has 2 N–H and O–H groups in total. The minimum Gasteiger partial charge on any atom is -0.493 e. The maximum absolute atomic E-state index is 12.3. The van der Waals surface area contributed by atoms with Gasteiger partial charge in [0.25, 0.3) is 0 Å². The minimum atomic E-state index is -0.360. The van der Waals surface area contributed by atoms with Gasteiger partial charge in [-0.25, -0.2) is 0 Å². The third-order valence-electron chi connectivity index (χ3n) is 5.44. The van der Waals surface area contributed by atoms with Crippen LogP contribution in [0.3, 0.4) is 0 Å². The first-order valence-corrected chi connectivity index (χ1v) is 8.93. The molecule has 1 unspecified atom stereocenters. The summed E-state index contributed by atoms with van der Waals surface area (Å²) in [6.07, 6.45) is 1.55. The molecule has 132 valence electrons. The van der Waals surface area contributed by atoms with Gasteiger partial charge in [0.05, 0.1) is 19.8 Å². The first-order valence-electron chi connectivity index (χ1n) is 8.93. The molecule has 0 spiro atoms. The van der Waals surface area contributed by atoms with Crippen LogP contribution in [0.1, 0.15) is 28.4 Å². The van der Waals surface area contributed by atoms with Crippen molar-refractivity contribution in [3.8, 4) is 5.75 Å². The number of esters is 1. The number of H-pyrrole nitrogens is 1. The third-order valence-corrected chi connectivity index (χ3v) is 5.44. The normalized spacial score (nSPS) is 21.1. The molecular formula is C21H20N2O3. The summed E-state index contributed by atoms with van der Waals surface area (Å²) in [7, 11) is 1.44. The second kappa shape index (κ2) is 5.88. The second-order valence-electron chi connectivity index (χ2n) is 6.91. The maximum atomic E-state index is 12.3. The highest BCUT2D eigenvalue weighted by Crippen LogP contribution is 2.37. The largest absolute Gasteiger partial charge is 0.493 e. The molecule has 3 heterocycles. The van der Waals surface area contributed by atoms with E-state index in [9.17, 15) is 4.79 Å². The number of benzene rings is 2. The Labute approximate surface area is 151 Å². The average molecular weight is 348 g/mol. The molecule has 5 rings (SSSR count). The lowest BCUT2D eigenvalue weighted by Crippen LogP contribution is -2.45. The van der Waals surface area contributed by atoms with Crippen molar-refractivity contribution in [1.29, 1.82) is 0 Å². The van der Waals surface area contributed by atoms with E-state index in [-0.39, 0.29) is 18.1 Å².